The second-order valence-electron chi connectivity index (χ2n) is 4.84. The van der Waals surface area contributed by atoms with Gasteiger partial charge in [-0.3, -0.25) is 4.68 Å². The molecule has 0 spiro atoms. The van der Waals surface area contributed by atoms with Gasteiger partial charge in [-0.1, -0.05) is 12.1 Å². The number of hydrogen-bond acceptors (Lipinski definition) is 4. The smallest absolute Gasteiger partial charge is 0.218 e. The topological polar surface area (TPSA) is 79.0 Å². The van der Waals surface area contributed by atoms with E-state index >= 15 is 0 Å². The first-order valence-electron chi connectivity index (χ1n) is 6.31. The number of aromatic nitrogens is 2. The molecule has 0 aliphatic carbocycles. The van der Waals surface area contributed by atoms with E-state index in [1.165, 1.54) is 4.31 Å². The second kappa shape index (κ2) is 6.08. The molecule has 0 bridgehead atoms. The lowest BCUT2D eigenvalue weighted by atomic mass is 10.2. The first-order valence-corrected chi connectivity index (χ1v) is 7.92. The molecule has 0 atom stereocenters. The van der Waals surface area contributed by atoms with Gasteiger partial charge >= 0.3 is 0 Å². The Labute approximate surface area is 124 Å². The van der Waals surface area contributed by atoms with Crippen molar-refractivity contribution in [2.45, 2.75) is 12.3 Å². The van der Waals surface area contributed by atoms with Crippen molar-refractivity contribution >= 4 is 10.0 Å². The highest BCUT2D eigenvalue weighted by Gasteiger charge is 2.19. The number of sulfonamides is 1. The Bertz CT molecular complexity index is 757. The molecule has 110 valence electrons. The van der Waals surface area contributed by atoms with Gasteiger partial charge in [-0.15, -0.1) is 0 Å². The highest BCUT2D eigenvalue weighted by Crippen LogP contribution is 2.13. The Morgan fingerprint density at radius 2 is 1.95 bits per heavy atom. The van der Waals surface area contributed by atoms with Gasteiger partial charge in [0.05, 0.1) is 23.6 Å². The standard InChI is InChI=1S/C14H16N4O2S/c1-17-9-14(8-16-17)10-18(2)21(19,20)11-13-5-3-12(7-15)4-6-13/h3-6,8-9H,10-11H2,1-2H3. The molecule has 0 aliphatic heterocycles. The van der Waals surface area contributed by atoms with Gasteiger partial charge in [0, 0.05) is 32.4 Å². The second-order valence-corrected chi connectivity index (χ2v) is 6.92. The van der Waals surface area contributed by atoms with Crippen LogP contribution < -0.4 is 0 Å². The van der Waals surface area contributed by atoms with Crippen LogP contribution in [0.5, 0.6) is 0 Å². The molecule has 0 N–H and O–H groups in total. The van der Waals surface area contributed by atoms with Gasteiger partial charge in [0.15, 0.2) is 0 Å². The molecular weight excluding hydrogens is 288 g/mol. The molecule has 1 heterocycles. The van der Waals surface area contributed by atoms with Crippen LogP contribution in [0.15, 0.2) is 36.7 Å². The fourth-order valence-electron chi connectivity index (χ4n) is 1.91. The molecule has 0 aliphatic rings. The molecule has 0 saturated carbocycles. The third kappa shape index (κ3) is 3.90. The van der Waals surface area contributed by atoms with Crippen LogP contribution in [0.2, 0.25) is 0 Å². The van der Waals surface area contributed by atoms with E-state index in [2.05, 4.69) is 5.10 Å². The van der Waals surface area contributed by atoms with E-state index in [4.69, 9.17) is 5.26 Å². The minimum atomic E-state index is -3.41. The SMILES string of the molecule is CN(Cc1cnn(C)c1)S(=O)(=O)Cc1ccc(C#N)cc1. The van der Waals surface area contributed by atoms with Crippen LogP contribution in [0.25, 0.3) is 0 Å². The molecule has 2 rings (SSSR count). The van der Waals surface area contributed by atoms with Crippen LogP contribution in [-0.4, -0.2) is 29.6 Å². The number of aryl methyl sites for hydroxylation is 1. The van der Waals surface area contributed by atoms with Gasteiger partial charge in [-0.05, 0) is 17.7 Å². The summed E-state index contributed by atoms with van der Waals surface area (Å²) < 4.78 is 27.5. The molecular formula is C14H16N4O2S. The number of benzene rings is 1. The Balaban J connectivity index is 2.08. The summed E-state index contributed by atoms with van der Waals surface area (Å²) in [6, 6.07) is 8.56. The summed E-state index contributed by atoms with van der Waals surface area (Å²) in [5.41, 5.74) is 2.01. The largest absolute Gasteiger partial charge is 0.275 e. The number of hydrogen-bond donors (Lipinski definition) is 0. The molecule has 0 fully saturated rings. The van der Waals surface area contributed by atoms with Crippen molar-refractivity contribution in [3.8, 4) is 6.07 Å². The fraction of sp³-hybridized carbons (Fsp3) is 0.286. The van der Waals surface area contributed by atoms with E-state index in [1.54, 1.807) is 55.4 Å². The van der Waals surface area contributed by atoms with E-state index in [1.807, 2.05) is 6.07 Å². The van der Waals surface area contributed by atoms with Crippen molar-refractivity contribution in [3.05, 3.63) is 53.3 Å². The predicted molar refractivity (Wildman–Crippen MR) is 78.5 cm³/mol. The van der Waals surface area contributed by atoms with Crippen LogP contribution in [0.1, 0.15) is 16.7 Å². The summed E-state index contributed by atoms with van der Waals surface area (Å²) in [7, 11) is -0.0744. The van der Waals surface area contributed by atoms with Gasteiger partial charge in [0.2, 0.25) is 10.0 Å². The molecule has 1 aromatic heterocycles. The van der Waals surface area contributed by atoms with Gasteiger partial charge in [-0.25, -0.2) is 12.7 Å². The lowest BCUT2D eigenvalue weighted by molar-refractivity contribution is 0.465. The number of nitrogens with zero attached hydrogens (tertiary/aromatic N) is 4. The van der Waals surface area contributed by atoms with Gasteiger partial charge < -0.3 is 0 Å². The predicted octanol–water partition coefficient (Wildman–Crippen LogP) is 1.25. The average molecular weight is 304 g/mol. The summed E-state index contributed by atoms with van der Waals surface area (Å²) in [6.45, 7) is 0.284. The summed E-state index contributed by atoms with van der Waals surface area (Å²) >= 11 is 0. The first-order chi connectivity index (χ1) is 9.90. The number of nitriles is 1. The Morgan fingerprint density at radius 3 is 2.48 bits per heavy atom. The van der Waals surface area contributed by atoms with E-state index in [0.717, 1.165) is 5.56 Å². The third-order valence-corrected chi connectivity index (χ3v) is 4.85. The molecule has 6 nitrogen and oxygen atoms in total. The summed E-state index contributed by atoms with van der Waals surface area (Å²) in [6.07, 6.45) is 3.43. The van der Waals surface area contributed by atoms with Crippen molar-refractivity contribution in [1.82, 2.24) is 14.1 Å². The molecule has 7 heteroatoms. The van der Waals surface area contributed by atoms with Crippen molar-refractivity contribution in [1.29, 1.82) is 5.26 Å². The fourth-order valence-corrected chi connectivity index (χ4v) is 3.09. The van der Waals surface area contributed by atoms with E-state index < -0.39 is 10.0 Å². The molecule has 0 radical (unpaired) electrons. The normalized spacial score (nSPS) is 11.5. The molecule has 0 saturated heterocycles. The molecule has 1 aromatic carbocycles. The van der Waals surface area contributed by atoms with Crippen LogP contribution in [-0.2, 0) is 29.4 Å². The zero-order valence-electron chi connectivity index (χ0n) is 11.9. The van der Waals surface area contributed by atoms with E-state index in [-0.39, 0.29) is 12.3 Å². The maximum Gasteiger partial charge on any atom is 0.218 e. The van der Waals surface area contributed by atoms with Crippen LogP contribution in [0.4, 0.5) is 0 Å². The molecule has 21 heavy (non-hydrogen) atoms. The van der Waals surface area contributed by atoms with E-state index in [0.29, 0.717) is 11.1 Å². The number of rotatable bonds is 5. The summed E-state index contributed by atoms with van der Waals surface area (Å²) in [5, 5.41) is 12.8. The van der Waals surface area contributed by atoms with Crippen LogP contribution >= 0.6 is 0 Å². The Hall–Kier alpha value is -2.17. The van der Waals surface area contributed by atoms with Crippen LogP contribution in [0.3, 0.4) is 0 Å². The molecule has 2 aromatic rings. The van der Waals surface area contributed by atoms with Gasteiger partial charge in [0.1, 0.15) is 0 Å². The highest BCUT2D eigenvalue weighted by atomic mass is 32.2. The molecule has 0 amide bonds. The lowest BCUT2D eigenvalue weighted by Crippen LogP contribution is -2.27. The van der Waals surface area contributed by atoms with Crippen LogP contribution in [0, 0.1) is 11.3 Å². The zero-order chi connectivity index (χ0) is 15.5. The minimum absolute atomic E-state index is 0.0878. The van der Waals surface area contributed by atoms with Gasteiger partial charge in [0.25, 0.3) is 0 Å². The first kappa shape index (κ1) is 15.2. The summed E-state index contributed by atoms with van der Waals surface area (Å²) in [5.74, 6) is -0.0878. The van der Waals surface area contributed by atoms with Gasteiger partial charge in [-0.2, -0.15) is 10.4 Å². The lowest BCUT2D eigenvalue weighted by Gasteiger charge is -2.16. The Morgan fingerprint density at radius 1 is 1.29 bits per heavy atom. The monoisotopic (exact) mass is 304 g/mol. The third-order valence-electron chi connectivity index (χ3n) is 3.07. The average Bonchev–Trinajstić information content (AvgIpc) is 2.84. The van der Waals surface area contributed by atoms with E-state index in [9.17, 15) is 8.42 Å². The zero-order valence-corrected chi connectivity index (χ0v) is 12.7. The maximum absolute atomic E-state index is 12.3. The van der Waals surface area contributed by atoms with Crippen molar-refractivity contribution in [2.24, 2.45) is 7.05 Å². The van der Waals surface area contributed by atoms with Crippen molar-refractivity contribution in [2.75, 3.05) is 7.05 Å². The maximum atomic E-state index is 12.3. The summed E-state index contributed by atoms with van der Waals surface area (Å²) in [4.78, 5) is 0. The quantitative estimate of drug-likeness (QED) is 0.833. The molecule has 0 unspecified atom stereocenters. The van der Waals surface area contributed by atoms with Crippen molar-refractivity contribution in [3.63, 3.8) is 0 Å². The minimum Gasteiger partial charge on any atom is -0.275 e. The van der Waals surface area contributed by atoms with Crippen molar-refractivity contribution < 1.29 is 8.42 Å². The highest BCUT2D eigenvalue weighted by molar-refractivity contribution is 7.88. The Kier molecular flexibility index (Phi) is 4.40.